The molecule has 0 spiro atoms. The average Bonchev–Trinajstić information content (AvgIpc) is 2.68. The number of ether oxygens (including phenoxy) is 2. The molecule has 1 atom stereocenters. The molecule has 1 N–H and O–H groups in total. The number of piperazine rings is 1. The monoisotopic (exact) mass is 468 g/mol. The molecule has 1 heterocycles. The zero-order valence-electron chi connectivity index (χ0n) is 17.2. The number of rotatable bonds is 9. The number of unbranched alkanes of at least 4 members (excludes halogenated alkanes) is 1. The fourth-order valence-electron chi connectivity index (χ4n) is 2.88. The van der Waals surface area contributed by atoms with Crippen LogP contribution in [0.1, 0.15) is 50.4 Å². The second-order valence-corrected chi connectivity index (χ2v) is 8.29. The number of hydrogen-bond acceptors (Lipinski definition) is 5. The minimum absolute atomic E-state index is 0.155. The van der Waals surface area contributed by atoms with E-state index in [1.165, 1.54) is 4.90 Å². The highest BCUT2D eigenvalue weighted by atomic mass is 79.9. The zero-order valence-corrected chi connectivity index (χ0v) is 18.8. The Morgan fingerprint density at radius 1 is 1.34 bits per heavy atom. The van der Waals surface area contributed by atoms with Crippen molar-refractivity contribution >= 4 is 33.7 Å². The van der Waals surface area contributed by atoms with Crippen LogP contribution in [0.2, 0.25) is 0 Å². The number of nitrogens with one attached hydrogen (secondary N) is 1. The van der Waals surface area contributed by atoms with Gasteiger partial charge in [0.25, 0.3) is 5.91 Å². The molecule has 1 aromatic rings. The maximum absolute atomic E-state index is 13.1. The number of nitrogens with zero attached hydrogens (tertiary/aromatic N) is 1. The number of halogens is 1. The summed E-state index contributed by atoms with van der Waals surface area (Å²) < 4.78 is 11.6. The van der Waals surface area contributed by atoms with E-state index in [4.69, 9.17) is 9.47 Å². The predicted molar refractivity (Wildman–Crippen MR) is 113 cm³/mol. The third-order valence-corrected chi connectivity index (χ3v) is 5.08. The largest absolute Gasteiger partial charge is 0.492 e. The summed E-state index contributed by atoms with van der Waals surface area (Å²) in [6.07, 6.45) is 1.52. The summed E-state index contributed by atoms with van der Waals surface area (Å²) in [4.78, 5) is 38.9. The molecule has 1 saturated heterocycles. The van der Waals surface area contributed by atoms with Gasteiger partial charge < -0.3 is 19.7 Å². The number of amides is 2. The van der Waals surface area contributed by atoms with Gasteiger partial charge in [0.2, 0.25) is 5.91 Å². The van der Waals surface area contributed by atoms with Crippen molar-refractivity contribution in [2.24, 2.45) is 5.92 Å². The zero-order chi connectivity index (χ0) is 21.4. The van der Waals surface area contributed by atoms with Gasteiger partial charge in [0.1, 0.15) is 11.8 Å². The number of carbonyl (C=O) groups is 3. The lowest BCUT2D eigenvalue weighted by Crippen LogP contribution is -2.57. The lowest BCUT2D eigenvalue weighted by Gasteiger charge is -2.34. The van der Waals surface area contributed by atoms with Gasteiger partial charge in [0, 0.05) is 18.7 Å². The molecule has 1 aliphatic rings. The standard InChI is InChI=1S/C21H29BrN2O5/c1-4-5-10-28-19(25)12-17-20(26)23-8-9-24(17)21(27)15-6-7-18(16(22)11-15)29-13-14(2)3/h6-7,11,14,17H,4-5,8-10,12-13H2,1-3H3,(H,23,26). The first-order valence-corrected chi connectivity index (χ1v) is 10.8. The van der Waals surface area contributed by atoms with Crippen LogP contribution in [0.4, 0.5) is 0 Å². The summed E-state index contributed by atoms with van der Waals surface area (Å²) in [7, 11) is 0. The van der Waals surface area contributed by atoms with Gasteiger partial charge in [0.15, 0.2) is 0 Å². The Kier molecular flexibility index (Phi) is 8.95. The molecule has 8 heteroatoms. The van der Waals surface area contributed by atoms with E-state index in [1.807, 2.05) is 6.92 Å². The lowest BCUT2D eigenvalue weighted by molar-refractivity contribution is -0.147. The quantitative estimate of drug-likeness (QED) is 0.444. The molecule has 1 aromatic carbocycles. The van der Waals surface area contributed by atoms with Gasteiger partial charge in [-0.05, 0) is 46.5 Å². The van der Waals surface area contributed by atoms with E-state index in [9.17, 15) is 14.4 Å². The average molecular weight is 469 g/mol. The van der Waals surface area contributed by atoms with E-state index in [1.54, 1.807) is 18.2 Å². The Morgan fingerprint density at radius 2 is 2.10 bits per heavy atom. The van der Waals surface area contributed by atoms with Crippen LogP contribution in [-0.2, 0) is 14.3 Å². The third-order valence-electron chi connectivity index (χ3n) is 4.46. The van der Waals surface area contributed by atoms with Crippen LogP contribution in [0.25, 0.3) is 0 Å². The predicted octanol–water partition coefficient (Wildman–Crippen LogP) is 3.16. The van der Waals surface area contributed by atoms with Crippen LogP contribution < -0.4 is 10.1 Å². The highest BCUT2D eigenvalue weighted by molar-refractivity contribution is 9.10. The number of esters is 1. The molecule has 1 unspecified atom stereocenters. The fraction of sp³-hybridized carbons (Fsp3) is 0.571. The summed E-state index contributed by atoms with van der Waals surface area (Å²) in [6, 6.07) is 4.21. The van der Waals surface area contributed by atoms with Gasteiger partial charge in [0.05, 0.1) is 24.1 Å². The molecule has 1 aliphatic heterocycles. The minimum Gasteiger partial charge on any atom is -0.492 e. The Hall–Kier alpha value is -2.09. The van der Waals surface area contributed by atoms with Gasteiger partial charge in [-0.1, -0.05) is 27.2 Å². The Labute approximate surface area is 180 Å². The second kappa shape index (κ2) is 11.2. The maximum Gasteiger partial charge on any atom is 0.308 e. The molecule has 2 amide bonds. The van der Waals surface area contributed by atoms with Crippen molar-refractivity contribution in [3.05, 3.63) is 28.2 Å². The molecule has 0 saturated carbocycles. The van der Waals surface area contributed by atoms with Crippen molar-refractivity contribution < 1.29 is 23.9 Å². The van der Waals surface area contributed by atoms with E-state index >= 15 is 0 Å². The Balaban J connectivity index is 2.10. The summed E-state index contributed by atoms with van der Waals surface area (Å²) in [6.45, 7) is 7.69. The smallest absolute Gasteiger partial charge is 0.308 e. The molecule has 1 fully saturated rings. The van der Waals surface area contributed by atoms with E-state index in [-0.39, 0.29) is 18.2 Å². The van der Waals surface area contributed by atoms with Crippen molar-refractivity contribution in [3.8, 4) is 5.75 Å². The molecular weight excluding hydrogens is 440 g/mol. The van der Waals surface area contributed by atoms with Gasteiger partial charge in [-0.2, -0.15) is 0 Å². The van der Waals surface area contributed by atoms with Gasteiger partial charge in [-0.25, -0.2) is 0 Å². The Bertz CT molecular complexity index is 738. The number of hydrogen-bond donors (Lipinski definition) is 1. The van der Waals surface area contributed by atoms with E-state index < -0.39 is 12.0 Å². The summed E-state index contributed by atoms with van der Waals surface area (Å²) in [5.41, 5.74) is 0.424. The molecule has 0 bridgehead atoms. The first kappa shape index (κ1) is 23.2. The summed E-state index contributed by atoms with van der Waals surface area (Å²) in [5, 5.41) is 2.72. The molecule has 0 aromatic heterocycles. The number of carbonyl (C=O) groups excluding carboxylic acids is 3. The van der Waals surface area contributed by atoms with Crippen LogP contribution in [0.5, 0.6) is 5.75 Å². The van der Waals surface area contributed by atoms with Crippen molar-refractivity contribution in [1.29, 1.82) is 0 Å². The van der Waals surface area contributed by atoms with E-state index in [2.05, 4.69) is 35.1 Å². The molecule has 160 valence electrons. The topological polar surface area (TPSA) is 84.9 Å². The van der Waals surface area contributed by atoms with Gasteiger partial charge >= 0.3 is 5.97 Å². The van der Waals surface area contributed by atoms with Crippen LogP contribution >= 0.6 is 15.9 Å². The lowest BCUT2D eigenvalue weighted by atomic mass is 10.1. The fourth-order valence-corrected chi connectivity index (χ4v) is 3.37. The molecule has 2 rings (SSSR count). The van der Waals surface area contributed by atoms with E-state index in [0.717, 1.165) is 12.8 Å². The molecule has 0 radical (unpaired) electrons. The SMILES string of the molecule is CCCCOC(=O)CC1C(=O)NCCN1C(=O)c1ccc(OCC(C)C)c(Br)c1. The first-order valence-electron chi connectivity index (χ1n) is 10.00. The first-order chi connectivity index (χ1) is 13.8. The van der Waals surface area contributed by atoms with Crippen molar-refractivity contribution in [3.63, 3.8) is 0 Å². The normalized spacial score (nSPS) is 16.5. The highest BCUT2D eigenvalue weighted by Crippen LogP contribution is 2.27. The maximum atomic E-state index is 13.1. The molecule has 29 heavy (non-hydrogen) atoms. The van der Waals surface area contributed by atoms with Crippen LogP contribution in [-0.4, -0.2) is 55.0 Å². The van der Waals surface area contributed by atoms with Gasteiger partial charge in [-0.15, -0.1) is 0 Å². The van der Waals surface area contributed by atoms with Crippen molar-refractivity contribution in [2.75, 3.05) is 26.3 Å². The van der Waals surface area contributed by atoms with Crippen molar-refractivity contribution in [1.82, 2.24) is 10.2 Å². The van der Waals surface area contributed by atoms with Crippen LogP contribution in [0.3, 0.4) is 0 Å². The summed E-state index contributed by atoms with van der Waals surface area (Å²) in [5.74, 6) is -0.0807. The molecule has 7 nitrogen and oxygen atoms in total. The van der Waals surface area contributed by atoms with Crippen LogP contribution in [0, 0.1) is 5.92 Å². The molecule has 0 aliphatic carbocycles. The highest BCUT2D eigenvalue weighted by Gasteiger charge is 2.35. The van der Waals surface area contributed by atoms with Gasteiger partial charge in [-0.3, -0.25) is 14.4 Å². The summed E-state index contributed by atoms with van der Waals surface area (Å²) >= 11 is 3.44. The van der Waals surface area contributed by atoms with E-state index in [0.29, 0.717) is 48.0 Å². The number of benzene rings is 1. The van der Waals surface area contributed by atoms with Crippen LogP contribution in [0.15, 0.2) is 22.7 Å². The Morgan fingerprint density at radius 3 is 2.76 bits per heavy atom. The molecular formula is C21H29BrN2O5. The second-order valence-electron chi connectivity index (χ2n) is 7.43. The van der Waals surface area contributed by atoms with Crippen molar-refractivity contribution in [2.45, 2.75) is 46.1 Å². The minimum atomic E-state index is -0.874. The third kappa shape index (κ3) is 6.73.